The first-order valence-electron chi connectivity index (χ1n) is 7.86. The molecule has 1 aromatic heterocycles. The minimum atomic E-state index is 0.171. The van der Waals surface area contributed by atoms with E-state index >= 15 is 0 Å². The molecule has 0 radical (unpaired) electrons. The van der Waals surface area contributed by atoms with Crippen molar-refractivity contribution in [3.8, 4) is 0 Å². The Balaban J connectivity index is 1.85. The average Bonchev–Trinajstić information content (AvgIpc) is 3.01. The van der Waals surface area contributed by atoms with Gasteiger partial charge in [0.2, 0.25) is 0 Å². The summed E-state index contributed by atoms with van der Waals surface area (Å²) in [4.78, 5) is 15.0. The van der Waals surface area contributed by atoms with E-state index in [4.69, 9.17) is 5.73 Å². The molecule has 0 spiro atoms. The van der Waals surface area contributed by atoms with Gasteiger partial charge in [-0.3, -0.25) is 4.79 Å². The van der Waals surface area contributed by atoms with Crippen LogP contribution < -0.4 is 5.73 Å². The first-order chi connectivity index (χ1) is 9.58. The third kappa shape index (κ3) is 2.21. The molecule has 1 aliphatic heterocycles. The number of nitrogens with zero attached hydrogens (tertiary/aromatic N) is 2. The summed E-state index contributed by atoms with van der Waals surface area (Å²) >= 11 is 0. The molecule has 1 aliphatic carbocycles. The molecule has 0 aromatic carbocycles. The van der Waals surface area contributed by atoms with E-state index in [0.29, 0.717) is 11.7 Å². The van der Waals surface area contributed by atoms with Gasteiger partial charge in [0.1, 0.15) is 5.69 Å². The van der Waals surface area contributed by atoms with Crippen LogP contribution in [0.4, 0.5) is 5.69 Å². The second-order valence-electron chi connectivity index (χ2n) is 6.56. The summed E-state index contributed by atoms with van der Waals surface area (Å²) in [6, 6.07) is 2.56. The zero-order valence-corrected chi connectivity index (χ0v) is 12.5. The first kappa shape index (κ1) is 13.5. The van der Waals surface area contributed by atoms with Crippen LogP contribution in [-0.2, 0) is 0 Å². The van der Waals surface area contributed by atoms with Crippen molar-refractivity contribution in [2.45, 2.75) is 58.0 Å². The van der Waals surface area contributed by atoms with Crippen LogP contribution in [0.2, 0.25) is 0 Å². The molecule has 4 nitrogen and oxygen atoms in total. The van der Waals surface area contributed by atoms with E-state index in [2.05, 4.69) is 18.7 Å². The van der Waals surface area contributed by atoms with E-state index in [1.165, 1.54) is 32.1 Å². The van der Waals surface area contributed by atoms with E-state index in [9.17, 15) is 4.79 Å². The van der Waals surface area contributed by atoms with Crippen LogP contribution in [0.25, 0.3) is 0 Å². The molecule has 3 rings (SSSR count). The van der Waals surface area contributed by atoms with Crippen LogP contribution in [0, 0.1) is 5.92 Å². The topological polar surface area (TPSA) is 51.3 Å². The van der Waals surface area contributed by atoms with Gasteiger partial charge in [0.05, 0.1) is 5.69 Å². The molecule has 2 fully saturated rings. The van der Waals surface area contributed by atoms with Gasteiger partial charge in [0.15, 0.2) is 0 Å². The molecule has 110 valence electrons. The minimum Gasteiger partial charge on any atom is -0.397 e. The van der Waals surface area contributed by atoms with E-state index in [0.717, 1.165) is 18.2 Å². The maximum absolute atomic E-state index is 12.9. The Morgan fingerprint density at radius 3 is 2.80 bits per heavy atom. The molecule has 1 aromatic rings. The number of aromatic nitrogens is 1. The number of rotatable bonds is 2. The van der Waals surface area contributed by atoms with Crippen LogP contribution in [0.3, 0.4) is 0 Å². The monoisotopic (exact) mass is 275 g/mol. The predicted molar refractivity (Wildman–Crippen MR) is 80.6 cm³/mol. The zero-order chi connectivity index (χ0) is 14.3. The number of anilines is 1. The second-order valence-corrected chi connectivity index (χ2v) is 6.56. The minimum absolute atomic E-state index is 0.171. The molecule has 1 saturated carbocycles. The van der Waals surface area contributed by atoms with Crippen LogP contribution in [0.1, 0.15) is 62.5 Å². The SMILES string of the molecule is CC(C)n1cc(N)cc1C(=O)N1CCC2CCCCC21. The molecular formula is C16H25N3O. The molecule has 2 unspecified atom stereocenters. The highest BCUT2D eigenvalue weighted by molar-refractivity contribution is 5.94. The highest BCUT2D eigenvalue weighted by atomic mass is 16.2. The van der Waals surface area contributed by atoms with Crippen LogP contribution in [0.15, 0.2) is 12.3 Å². The lowest BCUT2D eigenvalue weighted by molar-refractivity contribution is 0.0677. The van der Waals surface area contributed by atoms with Crippen molar-refractivity contribution in [3.05, 3.63) is 18.0 Å². The number of amides is 1. The fourth-order valence-electron chi connectivity index (χ4n) is 3.90. The van der Waals surface area contributed by atoms with Crippen molar-refractivity contribution in [1.82, 2.24) is 9.47 Å². The fraction of sp³-hybridized carbons (Fsp3) is 0.688. The average molecular weight is 275 g/mol. The van der Waals surface area contributed by atoms with Crippen molar-refractivity contribution in [2.24, 2.45) is 5.92 Å². The van der Waals surface area contributed by atoms with Crippen molar-refractivity contribution in [1.29, 1.82) is 0 Å². The number of fused-ring (bicyclic) bond motifs is 1. The van der Waals surface area contributed by atoms with Crippen molar-refractivity contribution < 1.29 is 4.79 Å². The van der Waals surface area contributed by atoms with Crippen LogP contribution in [0.5, 0.6) is 0 Å². The highest BCUT2D eigenvalue weighted by Crippen LogP contribution is 2.37. The lowest BCUT2D eigenvalue weighted by atomic mass is 9.85. The molecule has 1 amide bonds. The third-order valence-corrected chi connectivity index (χ3v) is 4.92. The number of hydrogen-bond donors (Lipinski definition) is 1. The summed E-state index contributed by atoms with van der Waals surface area (Å²) in [7, 11) is 0. The summed E-state index contributed by atoms with van der Waals surface area (Å²) < 4.78 is 2.01. The Kier molecular flexibility index (Phi) is 3.48. The van der Waals surface area contributed by atoms with Gasteiger partial charge in [0, 0.05) is 24.8 Å². The predicted octanol–water partition coefficient (Wildman–Crippen LogP) is 3.06. The lowest BCUT2D eigenvalue weighted by Crippen LogP contribution is -2.40. The Morgan fingerprint density at radius 2 is 2.05 bits per heavy atom. The standard InChI is InChI=1S/C16H25N3O/c1-11(2)19-10-13(17)9-15(19)16(20)18-8-7-12-5-3-4-6-14(12)18/h9-12,14H,3-8,17H2,1-2H3. The van der Waals surface area contributed by atoms with Gasteiger partial charge >= 0.3 is 0 Å². The molecule has 2 atom stereocenters. The quantitative estimate of drug-likeness (QED) is 0.902. The van der Waals surface area contributed by atoms with Crippen LogP contribution >= 0.6 is 0 Å². The third-order valence-electron chi connectivity index (χ3n) is 4.92. The van der Waals surface area contributed by atoms with Crippen LogP contribution in [-0.4, -0.2) is 28.0 Å². The Hall–Kier alpha value is -1.45. The van der Waals surface area contributed by atoms with E-state index in [1.807, 2.05) is 16.8 Å². The summed E-state index contributed by atoms with van der Waals surface area (Å²) in [6.07, 6.45) is 8.12. The summed E-state index contributed by atoms with van der Waals surface area (Å²) in [5, 5.41) is 0. The molecule has 2 N–H and O–H groups in total. The van der Waals surface area contributed by atoms with E-state index < -0.39 is 0 Å². The van der Waals surface area contributed by atoms with Gasteiger partial charge < -0.3 is 15.2 Å². The Labute approximate surface area is 120 Å². The molecule has 0 bridgehead atoms. The fourth-order valence-corrected chi connectivity index (χ4v) is 3.90. The molecule has 4 heteroatoms. The molecule has 1 saturated heterocycles. The van der Waals surface area contributed by atoms with Gasteiger partial charge in [-0.05, 0) is 45.1 Å². The smallest absolute Gasteiger partial charge is 0.270 e. The molecule has 2 heterocycles. The number of hydrogen-bond acceptors (Lipinski definition) is 2. The van der Waals surface area contributed by atoms with E-state index in [1.54, 1.807) is 0 Å². The van der Waals surface area contributed by atoms with Crippen molar-refractivity contribution >= 4 is 11.6 Å². The van der Waals surface area contributed by atoms with Gasteiger partial charge in [-0.1, -0.05) is 12.8 Å². The molecular weight excluding hydrogens is 250 g/mol. The van der Waals surface area contributed by atoms with Gasteiger partial charge in [-0.25, -0.2) is 0 Å². The number of nitrogens with two attached hydrogens (primary N) is 1. The number of nitrogen functional groups attached to an aromatic ring is 1. The summed E-state index contributed by atoms with van der Waals surface area (Å²) in [5.41, 5.74) is 7.33. The highest BCUT2D eigenvalue weighted by Gasteiger charge is 2.39. The normalized spacial score (nSPS) is 26.1. The lowest BCUT2D eigenvalue weighted by Gasteiger charge is -2.32. The molecule has 20 heavy (non-hydrogen) atoms. The number of carbonyl (C=O) groups is 1. The number of likely N-dealkylation sites (tertiary alicyclic amines) is 1. The zero-order valence-electron chi connectivity index (χ0n) is 12.5. The van der Waals surface area contributed by atoms with Crippen molar-refractivity contribution in [3.63, 3.8) is 0 Å². The van der Waals surface area contributed by atoms with E-state index in [-0.39, 0.29) is 11.9 Å². The first-order valence-corrected chi connectivity index (χ1v) is 7.86. The number of carbonyl (C=O) groups excluding carboxylic acids is 1. The largest absolute Gasteiger partial charge is 0.397 e. The molecule has 2 aliphatic rings. The van der Waals surface area contributed by atoms with Crippen molar-refractivity contribution in [2.75, 3.05) is 12.3 Å². The summed E-state index contributed by atoms with van der Waals surface area (Å²) in [5.74, 6) is 0.900. The summed E-state index contributed by atoms with van der Waals surface area (Å²) in [6.45, 7) is 5.09. The second kappa shape index (κ2) is 5.15. The van der Waals surface area contributed by atoms with Gasteiger partial charge in [-0.2, -0.15) is 0 Å². The maximum atomic E-state index is 12.9. The van der Waals surface area contributed by atoms with Gasteiger partial charge in [0.25, 0.3) is 5.91 Å². The Morgan fingerprint density at radius 1 is 1.30 bits per heavy atom. The maximum Gasteiger partial charge on any atom is 0.270 e. The van der Waals surface area contributed by atoms with Gasteiger partial charge in [-0.15, -0.1) is 0 Å². The Bertz CT molecular complexity index is 506.